The van der Waals surface area contributed by atoms with Crippen LogP contribution < -0.4 is 0 Å². The zero-order chi connectivity index (χ0) is 12.8. The molecular formula is C10H11N3O4S. The third-order valence-electron chi connectivity index (χ3n) is 2.85. The van der Waals surface area contributed by atoms with Gasteiger partial charge >= 0.3 is 0 Å². The molecule has 0 amide bonds. The Kier molecular flexibility index (Phi) is 2.49. The molecule has 8 heteroatoms. The van der Waals surface area contributed by atoms with Gasteiger partial charge < -0.3 is 8.94 Å². The average molecular weight is 269 g/mol. The number of hydrogen-bond acceptors (Lipinski definition) is 6. The average Bonchev–Trinajstić information content (AvgIpc) is 2.80. The Labute approximate surface area is 103 Å². The van der Waals surface area contributed by atoms with Crippen molar-refractivity contribution in [2.75, 3.05) is 19.3 Å². The van der Waals surface area contributed by atoms with Gasteiger partial charge in [-0.15, -0.1) is 0 Å². The van der Waals surface area contributed by atoms with Crippen LogP contribution in [-0.4, -0.2) is 42.2 Å². The number of furan rings is 1. The monoisotopic (exact) mass is 269 g/mol. The van der Waals surface area contributed by atoms with E-state index in [1.54, 1.807) is 12.1 Å². The summed E-state index contributed by atoms with van der Waals surface area (Å²) in [5.41, 5.74) is 0. The third-order valence-corrected chi connectivity index (χ3v) is 4.09. The summed E-state index contributed by atoms with van der Waals surface area (Å²) in [5, 5.41) is 3.80. The van der Waals surface area contributed by atoms with E-state index < -0.39 is 10.0 Å². The Bertz CT molecular complexity index is 640. The standard InChI is InChI=1S/C10H11N3O4S/c1-18(14,15)13-5-7(6-13)10-11-9(12-17-10)8-3-2-4-16-8/h2-4,7H,5-6H2,1H3. The van der Waals surface area contributed by atoms with Crippen molar-refractivity contribution in [3.63, 3.8) is 0 Å². The first-order valence-corrected chi connectivity index (χ1v) is 7.21. The van der Waals surface area contributed by atoms with E-state index in [1.165, 1.54) is 16.8 Å². The fourth-order valence-electron chi connectivity index (χ4n) is 1.77. The van der Waals surface area contributed by atoms with E-state index in [0.717, 1.165) is 0 Å². The van der Waals surface area contributed by atoms with Gasteiger partial charge in [-0.1, -0.05) is 5.16 Å². The Morgan fingerprint density at radius 2 is 2.22 bits per heavy atom. The molecule has 7 nitrogen and oxygen atoms in total. The lowest BCUT2D eigenvalue weighted by atomic mass is 10.0. The van der Waals surface area contributed by atoms with Crippen molar-refractivity contribution < 1.29 is 17.4 Å². The smallest absolute Gasteiger partial charge is 0.238 e. The fourth-order valence-corrected chi connectivity index (χ4v) is 2.67. The van der Waals surface area contributed by atoms with Crippen LogP contribution in [-0.2, 0) is 10.0 Å². The molecule has 1 aliphatic rings. The molecule has 2 aromatic heterocycles. The number of rotatable bonds is 3. The largest absolute Gasteiger partial charge is 0.461 e. The van der Waals surface area contributed by atoms with Crippen LogP contribution >= 0.6 is 0 Å². The van der Waals surface area contributed by atoms with Gasteiger partial charge in [0, 0.05) is 13.1 Å². The molecule has 3 rings (SSSR count). The number of nitrogens with zero attached hydrogens (tertiary/aromatic N) is 3. The second-order valence-electron chi connectivity index (χ2n) is 4.21. The Balaban J connectivity index is 1.73. The third kappa shape index (κ3) is 1.93. The van der Waals surface area contributed by atoms with Gasteiger partial charge in [0.15, 0.2) is 5.76 Å². The maximum atomic E-state index is 11.2. The van der Waals surface area contributed by atoms with E-state index in [2.05, 4.69) is 10.1 Å². The van der Waals surface area contributed by atoms with Crippen LogP contribution in [0.15, 0.2) is 27.3 Å². The predicted molar refractivity (Wildman–Crippen MR) is 61.2 cm³/mol. The summed E-state index contributed by atoms with van der Waals surface area (Å²) in [7, 11) is -3.12. The highest BCUT2D eigenvalue weighted by Crippen LogP contribution is 2.29. The highest BCUT2D eigenvalue weighted by Gasteiger charge is 2.37. The molecule has 18 heavy (non-hydrogen) atoms. The molecule has 0 unspecified atom stereocenters. The van der Waals surface area contributed by atoms with E-state index in [4.69, 9.17) is 8.94 Å². The van der Waals surface area contributed by atoms with Crippen LogP contribution in [0.5, 0.6) is 0 Å². The van der Waals surface area contributed by atoms with Gasteiger partial charge in [-0.2, -0.15) is 4.98 Å². The second kappa shape index (κ2) is 3.92. The molecule has 2 aromatic rings. The van der Waals surface area contributed by atoms with Crippen LogP contribution in [0.3, 0.4) is 0 Å². The van der Waals surface area contributed by atoms with Crippen molar-refractivity contribution in [1.29, 1.82) is 0 Å². The van der Waals surface area contributed by atoms with Gasteiger partial charge in [0.25, 0.3) is 0 Å². The summed E-state index contributed by atoms with van der Waals surface area (Å²) in [6.45, 7) is 0.775. The van der Waals surface area contributed by atoms with Crippen LogP contribution in [0.25, 0.3) is 11.6 Å². The maximum Gasteiger partial charge on any atom is 0.238 e. The summed E-state index contributed by atoms with van der Waals surface area (Å²) in [4.78, 5) is 4.20. The summed E-state index contributed by atoms with van der Waals surface area (Å²) in [6.07, 6.45) is 2.71. The molecular weight excluding hydrogens is 258 g/mol. The van der Waals surface area contributed by atoms with Crippen molar-refractivity contribution in [3.05, 3.63) is 24.3 Å². The zero-order valence-corrected chi connectivity index (χ0v) is 10.4. The number of hydrogen-bond donors (Lipinski definition) is 0. The van der Waals surface area contributed by atoms with E-state index in [-0.39, 0.29) is 5.92 Å². The van der Waals surface area contributed by atoms with Gasteiger partial charge in [-0.3, -0.25) is 0 Å². The molecule has 0 aromatic carbocycles. The van der Waals surface area contributed by atoms with Crippen LogP contribution in [0.2, 0.25) is 0 Å². The fraction of sp³-hybridized carbons (Fsp3) is 0.400. The lowest BCUT2D eigenvalue weighted by Crippen LogP contribution is -2.47. The Morgan fingerprint density at radius 3 is 2.83 bits per heavy atom. The highest BCUT2D eigenvalue weighted by molar-refractivity contribution is 7.88. The molecule has 0 atom stereocenters. The van der Waals surface area contributed by atoms with Gasteiger partial charge in [-0.05, 0) is 12.1 Å². The zero-order valence-electron chi connectivity index (χ0n) is 9.61. The summed E-state index contributed by atoms with van der Waals surface area (Å²) in [6, 6.07) is 3.47. The quantitative estimate of drug-likeness (QED) is 0.814. The van der Waals surface area contributed by atoms with Gasteiger partial charge in [0.2, 0.25) is 21.7 Å². The minimum atomic E-state index is -3.12. The Morgan fingerprint density at radius 1 is 1.44 bits per heavy atom. The van der Waals surface area contributed by atoms with E-state index >= 15 is 0 Å². The molecule has 1 fully saturated rings. The molecule has 0 spiro atoms. The highest BCUT2D eigenvalue weighted by atomic mass is 32.2. The lowest BCUT2D eigenvalue weighted by molar-refractivity contribution is 0.218. The molecule has 1 aliphatic heterocycles. The molecule has 0 saturated carbocycles. The molecule has 0 N–H and O–H groups in total. The van der Waals surface area contributed by atoms with Crippen LogP contribution in [0.4, 0.5) is 0 Å². The van der Waals surface area contributed by atoms with Crippen molar-refractivity contribution >= 4 is 10.0 Å². The van der Waals surface area contributed by atoms with Crippen molar-refractivity contribution in [2.45, 2.75) is 5.92 Å². The summed E-state index contributed by atoms with van der Waals surface area (Å²) >= 11 is 0. The topological polar surface area (TPSA) is 89.4 Å². The minimum absolute atomic E-state index is 0.0315. The number of sulfonamides is 1. The van der Waals surface area contributed by atoms with Crippen molar-refractivity contribution in [2.24, 2.45) is 0 Å². The van der Waals surface area contributed by atoms with E-state index in [0.29, 0.717) is 30.6 Å². The summed E-state index contributed by atoms with van der Waals surface area (Å²) < 4.78 is 34.1. The molecule has 3 heterocycles. The number of aromatic nitrogens is 2. The predicted octanol–water partition coefficient (Wildman–Crippen LogP) is 0.688. The first kappa shape index (κ1) is 11.4. The van der Waals surface area contributed by atoms with Crippen molar-refractivity contribution in [1.82, 2.24) is 14.4 Å². The lowest BCUT2D eigenvalue weighted by Gasteiger charge is -2.34. The first-order chi connectivity index (χ1) is 8.54. The van der Waals surface area contributed by atoms with Crippen LogP contribution in [0.1, 0.15) is 11.8 Å². The maximum absolute atomic E-state index is 11.2. The first-order valence-electron chi connectivity index (χ1n) is 5.36. The second-order valence-corrected chi connectivity index (χ2v) is 6.19. The molecule has 0 aliphatic carbocycles. The van der Waals surface area contributed by atoms with Crippen molar-refractivity contribution in [3.8, 4) is 11.6 Å². The molecule has 0 radical (unpaired) electrons. The molecule has 0 bridgehead atoms. The normalized spacial score (nSPS) is 17.8. The van der Waals surface area contributed by atoms with E-state index in [9.17, 15) is 8.42 Å². The summed E-state index contributed by atoms with van der Waals surface area (Å²) in [5.74, 6) is 1.33. The van der Waals surface area contributed by atoms with Gasteiger partial charge in [-0.25, -0.2) is 12.7 Å². The van der Waals surface area contributed by atoms with E-state index in [1.807, 2.05) is 0 Å². The minimum Gasteiger partial charge on any atom is -0.461 e. The Hall–Kier alpha value is -1.67. The SMILES string of the molecule is CS(=O)(=O)N1CC(c2nc(-c3ccco3)no2)C1. The van der Waals surface area contributed by atoms with Crippen LogP contribution in [0, 0.1) is 0 Å². The molecule has 1 saturated heterocycles. The molecule has 96 valence electrons. The van der Waals surface area contributed by atoms with Gasteiger partial charge in [0.05, 0.1) is 18.4 Å². The van der Waals surface area contributed by atoms with Gasteiger partial charge in [0.1, 0.15) is 0 Å².